The first-order chi connectivity index (χ1) is 9.43. The molecule has 0 saturated carbocycles. The van der Waals surface area contributed by atoms with E-state index in [1.807, 2.05) is 0 Å². The number of carboxylic acid groups (broad SMARTS) is 1. The second kappa shape index (κ2) is 5.25. The molecule has 0 aliphatic heterocycles. The number of aliphatic hydroxyl groups is 1. The van der Waals surface area contributed by atoms with Crippen LogP contribution in [0.25, 0.3) is 11.0 Å². The predicted molar refractivity (Wildman–Crippen MR) is 69.2 cm³/mol. The van der Waals surface area contributed by atoms with Crippen LogP contribution in [0, 0.1) is 6.92 Å². The van der Waals surface area contributed by atoms with Gasteiger partial charge in [0.2, 0.25) is 0 Å². The van der Waals surface area contributed by atoms with E-state index in [2.05, 4.69) is 15.4 Å². The molecule has 2 rings (SSSR count). The molecule has 3 N–H and O–H groups in total. The number of hydrogen-bond donors (Lipinski definition) is 3. The van der Waals surface area contributed by atoms with Gasteiger partial charge in [0.15, 0.2) is 11.7 Å². The molecule has 1 atom stereocenters. The van der Waals surface area contributed by atoms with Crippen LogP contribution in [-0.2, 0) is 11.8 Å². The molecule has 0 aromatic carbocycles. The van der Waals surface area contributed by atoms with Crippen LogP contribution < -0.4 is 5.32 Å². The molecule has 2 heterocycles. The lowest BCUT2D eigenvalue weighted by Gasteiger charge is -2.11. The van der Waals surface area contributed by atoms with E-state index in [-0.39, 0.29) is 5.56 Å². The molecular weight excluding hydrogens is 264 g/mol. The molecule has 0 bridgehead atoms. The fraction of sp³-hybridized carbons (Fsp3) is 0.333. The Morgan fingerprint density at radius 2 is 2.20 bits per heavy atom. The van der Waals surface area contributed by atoms with Crippen molar-refractivity contribution in [2.45, 2.75) is 13.0 Å². The molecule has 1 unspecified atom stereocenters. The van der Waals surface area contributed by atoms with Crippen LogP contribution in [0.2, 0.25) is 0 Å². The third kappa shape index (κ3) is 2.45. The van der Waals surface area contributed by atoms with Crippen molar-refractivity contribution in [3.63, 3.8) is 0 Å². The van der Waals surface area contributed by atoms with Crippen molar-refractivity contribution in [1.29, 1.82) is 0 Å². The average Bonchev–Trinajstić information content (AvgIpc) is 2.70. The highest BCUT2D eigenvalue weighted by molar-refractivity contribution is 5.99. The van der Waals surface area contributed by atoms with E-state index >= 15 is 0 Å². The summed E-state index contributed by atoms with van der Waals surface area (Å²) in [5.41, 5.74) is 1.57. The fourth-order valence-electron chi connectivity index (χ4n) is 1.86. The number of aryl methyl sites for hydroxylation is 2. The van der Waals surface area contributed by atoms with Crippen LogP contribution >= 0.6 is 0 Å². The molecule has 2 aromatic rings. The predicted octanol–water partition coefficient (Wildman–Crippen LogP) is -0.548. The molecule has 1 amide bonds. The van der Waals surface area contributed by atoms with Crippen molar-refractivity contribution in [2.24, 2.45) is 7.05 Å². The Labute approximate surface area is 114 Å². The number of nitrogens with zero attached hydrogens (tertiary/aromatic N) is 3. The lowest BCUT2D eigenvalue weighted by molar-refractivity contribution is -0.140. The molecule has 106 valence electrons. The molecule has 0 radical (unpaired) electrons. The first-order valence-electron chi connectivity index (χ1n) is 5.88. The Balaban J connectivity index is 2.31. The van der Waals surface area contributed by atoms with Gasteiger partial charge in [-0.15, -0.1) is 0 Å². The number of pyridine rings is 1. The molecule has 0 fully saturated rings. The first-order valence-corrected chi connectivity index (χ1v) is 5.88. The lowest BCUT2D eigenvalue weighted by Crippen LogP contribution is -2.43. The number of nitrogens with one attached hydrogen (secondary N) is 1. The molecule has 8 heteroatoms. The Kier molecular flexibility index (Phi) is 3.66. The van der Waals surface area contributed by atoms with Gasteiger partial charge in [-0.1, -0.05) is 0 Å². The van der Waals surface area contributed by atoms with Gasteiger partial charge in [0.05, 0.1) is 17.9 Å². The van der Waals surface area contributed by atoms with E-state index in [9.17, 15) is 9.59 Å². The Bertz CT molecular complexity index is 679. The summed E-state index contributed by atoms with van der Waals surface area (Å²) in [4.78, 5) is 26.8. The second-order valence-corrected chi connectivity index (χ2v) is 4.35. The molecule has 8 nitrogen and oxygen atoms in total. The van der Waals surface area contributed by atoms with Gasteiger partial charge in [-0.25, -0.2) is 9.78 Å². The summed E-state index contributed by atoms with van der Waals surface area (Å²) < 4.78 is 1.60. The number of carboxylic acids is 1. The van der Waals surface area contributed by atoms with E-state index in [0.717, 1.165) is 11.1 Å². The highest BCUT2D eigenvalue weighted by atomic mass is 16.4. The van der Waals surface area contributed by atoms with Crippen LogP contribution in [0.4, 0.5) is 0 Å². The summed E-state index contributed by atoms with van der Waals surface area (Å²) in [5, 5.41) is 24.8. The average molecular weight is 278 g/mol. The zero-order valence-corrected chi connectivity index (χ0v) is 11.0. The molecule has 0 aliphatic rings. The van der Waals surface area contributed by atoms with Crippen LogP contribution in [0.3, 0.4) is 0 Å². The van der Waals surface area contributed by atoms with Gasteiger partial charge in [0, 0.05) is 18.6 Å². The van der Waals surface area contributed by atoms with Gasteiger partial charge in [0.1, 0.15) is 0 Å². The number of fused-ring (bicyclic) bond motifs is 1. The maximum atomic E-state index is 11.9. The lowest BCUT2D eigenvalue weighted by atomic mass is 10.2. The van der Waals surface area contributed by atoms with Gasteiger partial charge in [0.25, 0.3) is 5.91 Å². The van der Waals surface area contributed by atoms with Crippen molar-refractivity contribution in [3.8, 4) is 0 Å². The number of carbonyl (C=O) groups excluding carboxylic acids is 1. The molecule has 0 saturated heterocycles. The Morgan fingerprint density at radius 3 is 2.80 bits per heavy atom. The normalized spacial score (nSPS) is 12.3. The summed E-state index contributed by atoms with van der Waals surface area (Å²) in [6.45, 7) is 1.11. The quantitative estimate of drug-likeness (QED) is 0.691. The van der Waals surface area contributed by atoms with Gasteiger partial charge in [-0.2, -0.15) is 5.10 Å². The standard InChI is InChI=1S/C12H14N4O4/c1-6-8-3-7(4-13-10(8)16(2)15-6)11(18)14-9(5-17)12(19)20/h3-4,9,17H,5H2,1-2H3,(H,14,18)(H,19,20). The molecule has 0 spiro atoms. The summed E-state index contributed by atoms with van der Waals surface area (Å²) in [7, 11) is 1.74. The van der Waals surface area contributed by atoms with Gasteiger partial charge in [-0.3, -0.25) is 9.48 Å². The molecule has 20 heavy (non-hydrogen) atoms. The topological polar surface area (TPSA) is 117 Å². The molecule has 0 aliphatic carbocycles. The van der Waals surface area contributed by atoms with E-state index in [1.54, 1.807) is 24.7 Å². The number of aliphatic carboxylic acids is 1. The van der Waals surface area contributed by atoms with Gasteiger partial charge in [-0.05, 0) is 13.0 Å². The van der Waals surface area contributed by atoms with Gasteiger partial charge >= 0.3 is 5.97 Å². The number of hydrogen-bond acceptors (Lipinski definition) is 5. The van der Waals surface area contributed by atoms with E-state index in [1.165, 1.54) is 6.20 Å². The third-order valence-corrected chi connectivity index (χ3v) is 2.91. The van der Waals surface area contributed by atoms with E-state index < -0.39 is 24.5 Å². The number of rotatable bonds is 4. The molecule has 2 aromatic heterocycles. The summed E-state index contributed by atoms with van der Waals surface area (Å²) in [6.07, 6.45) is 1.34. The van der Waals surface area contributed by atoms with Crippen LogP contribution in [-0.4, -0.2) is 49.5 Å². The highest BCUT2D eigenvalue weighted by Gasteiger charge is 2.20. The Morgan fingerprint density at radius 1 is 1.50 bits per heavy atom. The minimum atomic E-state index is -1.34. The smallest absolute Gasteiger partial charge is 0.328 e. The first kappa shape index (κ1) is 13.9. The van der Waals surface area contributed by atoms with Gasteiger partial charge < -0.3 is 15.5 Å². The molecular formula is C12H14N4O4. The zero-order chi connectivity index (χ0) is 14.9. The minimum Gasteiger partial charge on any atom is -0.480 e. The van der Waals surface area contributed by atoms with Crippen molar-refractivity contribution in [3.05, 3.63) is 23.5 Å². The van der Waals surface area contributed by atoms with E-state index in [4.69, 9.17) is 10.2 Å². The summed E-state index contributed by atoms with van der Waals surface area (Å²) >= 11 is 0. The van der Waals surface area contributed by atoms with Crippen LogP contribution in [0.5, 0.6) is 0 Å². The van der Waals surface area contributed by atoms with E-state index in [0.29, 0.717) is 5.65 Å². The number of aromatic nitrogens is 3. The third-order valence-electron chi connectivity index (χ3n) is 2.91. The zero-order valence-electron chi connectivity index (χ0n) is 11.0. The number of amides is 1. The van der Waals surface area contributed by atoms with Crippen molar-refractivity contribution in [1.82, 2.24) is 20.1 Å². The monoisotopic (exact) mass is 278 g/mol. The maximum Gasteiger partial charge on any atom is 0.328 e. The second-order valence-electron chi connectivity index (χ2n) is 4.35. The maximum absolute atomic E-state index is 11.9. The van der Waals surface area contributed by atoms with Crippen molar-refractivity contribution < 1.29 is 19.8 Å². The van der Waals surface area contributed by atoms with Crippen molar-refractivity contribution >= 4 is 22.9 Å². The minimum absolute atomic E-state index is 0.216. The fourth-order valence-corrected chi connectivity index (χ4v) is 1.86. The summed E-state index contributed by atoms with van der Waals surface area (Å²) in [6, 6.07) is 0.254. The number of aliphatic hydroxyl groups excluding tert-OH is 1. The van der Waals surface area contributed by atoms with Crippen LogP contribution in [0.1, 0.15) is 16.1 Å². The van der Waals surface area contributed by atoms with Crippen LogP contribution in [0.15, 0.2) is 12.3 Å². The SMILES string of the molecule is Cc1nn(C)c2ncc(C(=O)NC(CO)C(=O)O)cc12. The Hall–Kier alpha value is -2.48. The summed E-state index contributed by atoms with van der Waals surface area (Å²) in [5.74, 6) is -1.91. The number of carbonyl (C=O) groups is 2. The highest BCUT2D eigenvalue weighted by Crippen LogP contribution is 2.16. The van der Waals surface area contributed by atoms with Crippen molar-refractivity contribution in [2.75, 3.05) is 6.61 Å². The largest absolute Gasteiger partial charge is 0.480 e.